The zero-order valence-corrected chi connectivity index (χ0v) is 15.8. The number of aryl methyl sites for hydroxylation is 1. The summed E-state index contributed by atoms with van der Waals surface area (Å²) in [6, 6.07) is 14.0. The second-order valence-electron chi connectivity index (χ2n) is 4.85. The Hall–Kier alpha value is -1.44. The number of rotatable bonds is 7. The molecule has 0 saturated carbocycles. The molecule has 0 spiro atoms. The first-order chi connectivity index (χ1) is 10.7. The van der Waals surface area contributed by atoms with Crippen molar-refractivity contribution in [1.82, 2.24) is 0 Å². The molecule has 124 valence electrons. The Kier molecular flexibility index (Phi) is 8.83. The van der Waals surface area contributed by atoms with Crippen LogP contribution in [0.25, 0.3) is 12.2 Å². The van der Waals surface area contributed by atoms with Crippen molar-refractivity contribution in [2.75, 3.05) is 20.8 Å². The fourth-order valence-corrected chi connectivity index (χ4v) is 2.00. The number of halogens is 1. The molecule has 5 heteroatoms. The molecule has 0 aliphatic rings. The third-order valence-electron chi connectivity index (χ3n) is 3.31. The van der Waals surface area contributed by atoms with Crippen molar-refractivity contribution in [3.63, 3.8) is 0 Å². The number of nitrogens with zero attached hydrogens (tertiary/aromatic N) is 1. The maximum atomic E-state index is 5.68. The molecule has 2 rings (SSSR count). The van der Waals surface area contributed by atoms with Crippen molar-refractivity contribution in [3.8, 4) is 5.75 Å². The molecule has 0 unspecified atom stereocenters. The average molecular weight is 427 g/mol. The van der Waals surface area contributed by atoms with E-state index in [-0.39, 0.29) is 30.3 Å². The van der Waals surface area contributed by atoms with Crippen molar-refractivity contribution in [2.24, 2.45) is 7.05 Å². The largest absolute Gasteiger partial charge is 1.00 e. The topological polar surface area (TPSA) is 31.6 Å². The van der Waals surface area contributed by atoms with Gasteiger partial charge in [0.05, 0.1) is 0 Å². The van der Waals surface area contributed by atoms with Gasteiger partial charge in [-0.05, 0) is 29.8 Å². The van der Waals surface area contributed by atoms with Crippen molar-refractivity contribution >= 4 is 12.2 Å². The van der Waals surface area contributed by atoms with Crippen LogP contribution in [-0.2, 0) is 16.5 Å². The monoisotopic (exact) mass is 427 g/mol. The minimum Gasteiger partial charge on any atom is -1.00 e. The third kappa shape index (κ3) is 6.29. The molecule has 4 nitrogen and oxygen atoms in total. The van der Waals surface area contributed by atoms with E-state index in [2.05, 4.69) is 22.8 Å². The van der Waals surface area contributed by atoms with Crippen LogP contribution in [0.5, 0.6) is 5.75 Å². The lowest BCUT2D eigenvalue weighted by Crippen LogP contribution is -3.00. The lowest BCUT2D eigenvalue weighted by atomic mass is 10.2. The molecule has 0 aliphatic carbocycles. The summed E-state index contributed by atoms with van der Waals surface area (Å²) < 4.78 is 18.0. The normalized spacial score (nSPS) is 10.8. The zero-order valence-electron chi connectivity index (χ0n) is 13.6. The Morgan fingerprint density at radius 3 is 2.52 bits per heavy atom. The number of ether oxygens (including phenoxy) is 3. The van der Waals surface area contributed by atoms with Crippen molar-refractivity contribution in [3.05, 3.63) is 59.9 Å². The van der Waals surface area contributed by atoms with Crippen LogP contribution in [0.1, 0.15) is 11.3 Å². The summed E-state index contributed by atoms with van der Waals surface area (Å²) in [6.07, 6.45) is 5.80. The van der Waals surface area contributed by atoms with Crippen molar-refractivity contribution < 1.29 is 42.8 Å². The highest BCUT2D eigenvalue weighted by Gasteiger charge is 2.06. The SMILES string of the molecule is COC(COc1cccc(C=Cc2cccc[n+]2C)c1)OC.[I-]. The molecular formula is C18H22INO3. The Labute approximate surface area is 154 Å². The van der Waals surface area contributed by atoms with Gasteiger partial charge in [-0.25, -0.2) is 4.57 Å². The Morgan fingerprint density at radius 1 is 1.04 bits per heavy atom. The minimum atomic E-state index is -0.359. The molecule has 0 bridgehead atoms. The van der Waals surface area contributed by atoms with E-state index in [1.807, 2.05) is 49.6 Å². The summed E-state index contributed by atoms with van der Waals surface area (Å²) in [5, 5.41) is 0. The van der Waals surface area contributed by atoms with Gasteiger partial charge in [0, 0.05) is 32.4 Å². The van der Waals surface area contributed by atoms with Crippen LogP contribution in [-0.4, -0.2) is 27.1 Å². The third-order valence-corrected chi connectivity index (χ3v) is 3.31. The molecule has 2 aromatic rings. The van der Waals surface area contributed by atoms with Gasteiger partial charge in [0.25, 0.3) is 0 Å². The smallest absolute Gasteiger partial charge is 0.204 e. The van der Waals surface area contributed by atoms with E-state index >= 15 is 0 Å². The molecule has 0 atom stereocenters. The molecule has 23 heavy (non-hydrogen) atoms. The molecule has 0 saturated heterocycles. The van der Waals surface area contributed by atoms with E-state index in [1.165, 1.54) is 0 Å². The van der Waals surface area contributed by atoms with E-state index in [4.69, 9.17) is 14.2 Å². The number of benzene rings is 1. The van der Waals surface area contributed by atoms with Gasteiger partial charge in [-0.2, -0.15) is 0 Å². The fourth-order valence-electron chi connectivity index (χ4n) is 2.00. The standard InChI is InChI=1S/C18H22NO3.HI/c1-19-12-5-4-8-16(19)11-10-15-7-6-9-17(13-15)22-14-18(20-2)21-3;/h4-13,18H,14H2,1-3H3;1H/q+1;/p-1. The maximum absolute atomic E-state index is 5.68. The molecule has 1 aromatic carbocycles. The first kappa shape index (κ1) is 19.6. The molecule has 0 N–H and O–H groups in total. The lowest BCUT2D eigenvalue weighted by molar-refractivity contribution is -0.673. The summed E-state index contributed by atoms with van der Waals surface area (Å²) in [4.78, 5) is 0. The van der Waals surface area contributed by atoms with E-state index < -0.39 is 0 Å². The number of aromatic nitrogens is 1. The Morgan fingerprint density at radius 2 is 1.83 bits per heavy atom. The first-order valence-electron chi connectivity index (χ1n) is 7.14. The number of hydrogen-bond donors (Lipinski definition) is 0. The molecule has 0 fully saturated rings. The van der Waals surface area contributed by atoms with Crippen molar-refractivity contribution in [1.29, 1.82) is 0 Å². The second kappa shape index (κ2) is 10.4. The van der Waals surface area contributed by atoms with E-state index in [1.54, 1.807) is 14.2 Å². The summed E-state index contributed by atoms with van der Waals surface area (Å²) in [5.41, 5.74) is 2.21. The molecular weight excluding hydrogens is 405 g/mol. The summed E-state index contributed by atoms with van der Waals surface area (Å²) in [7, 11) is 5.21. The summed E-state index contributed by atoms with van der Waals surface area (Å²) >= 11 is 0. The number of hydrogen-bond acceptors (Lipinski definition) is 3. The molecule has 0 radical (unpaired) electrons. The predicted octanol–water partition coefficient (Wildman–Crippen LogP) is -0.317. The first-order valence-corrected chi connectivity index (χ1v) is 7.14. The highest BCUT2D eigenvalue weighted by molar-refractivity contribution is 5.67. The summed E-state index contributed by atoms with van der Waals surface area (Å²) in [6.45, 7) is 0.355. The van der Waals surface area contributed by atoms with E-state index in [0.717, 1.165) is 17.0 Å². The van der Waals surface area contributed by atoms with Crippen LogP contribution in [0, 0.1) is 0 Å². The molecule has 1 heterocycles. The fraction of sp³-hybridized carbons (Fsp3) is 0.278. The molecule has 1 aromatic heterocycles. The van der Waals surface area contributed by atoms with Gasteiger partial charge in [0.2, 0.25) is 5.69 Å². The predicted molar refractivity (Wildman–Crippen MR) is 86.3 cm³/mol. The van der Waals surface area contributed by atoms with Crippen molar-refractivity contribution in [2.45, 2.75) is 6.29 Å². The van der Waals surface area contributed by atoms with Gasteiger partial charge in [-0.1, -0.05) is 12.1 Å². The van der Waals surface area contributed by atoms with Crippen LogP contribution < -0.4 is 33.3 Å². The Bertz CT molecular complexity index is 627. The van der Waals surface area contributed by atoms with Gasteiger partial charge < -0.3 is 38.2 Å². The molecule has 0 aliphatic heterocycles. The number of methoxy groups -OCH3 is 2. The van der Waals surface area contributed by atoms with Gasteiger partial charge in [-0.15, -0.1) is 0 Å². The highest BCUT2D eigenvalue weighted by Crippen LogP contribution is 2.16. The van der Waals surface area contributed by atoms with Gasteiger partial charge in [0.1, 0.15) is 19.4 Å². The maximum Gasteiger partial charge on any atom is 0.204 e. The van der Waals surface area contributed by atoms with Gasteiger partial charge in [0.15, 0.2) is 12.5 Å². The van der Waals surface area contributed by atoms with Crippen LogP contribution >= 0.6 is 0 Å². The van der Waals surface area contributed by atoms with E-state index in [0.29, 0.717) is 6.61 Å². The van der Waals surface area contributed by atoms with Crippen LogP contribution in [0.15, 0.2) is 48.7 Å². The molecule has 0 amide bonds. The van der Waals surface area contributed by atoms with Crippen LogP contribution in [0.2, 0.25) is 0 Å². The highest BCUT2D eigenvalue weighted by atomic mass is 127. The quantitative estimate of drug-likeness (QED) is 0.345. The summed E-state index contributed by atoms with van der Waals surface area (Å²) in [5.74, 6) is 0.790. The van der Waals surface area contributed by atoms with Gasteiger partial charge >= 0.3 is 0 Å². The lowest BCUT2D eigenvalue weighted by Gasteiger charge is -2.14. The minimum absolute atomic E-state index is 0. The Balaban J connectivity index is 0.00000264. The average Bonchev–Trinajstić information content (AvgIpc) is 2.55. The second-order valence-corrected chi connectivity index (χ2v) is 4.85. The van der Waals surface area contributed by atoms with E-state index in [9.17, 15) is 0 Å². The van der Waals surface area contributed by atoms with Gasteiger partial charge in [-0.3, -0.25) is 0 Å². The van der Waals surface area contributed by atoms with Crippen LogP contribution in [0.3, 0.4) is 0 Å². The zero-order chi connectivity index (χ0) is 15.8. The number of pyridine rings is 1. The van der Waals surface area contributed by atoms with Crippen LogP contribution in [0.4, 0.5) is 0 Å².